The molecule has 5 heteroatoms. The zero-order valence-electron chi connectivity index (χ0n) is 10.6. The molecule has 0 atom stereocenters. The van der Waals surface area contributed by atoms with Gasteiger partial charge in [0, 0.05) is 6.20 Å². The van der Waals surface area contributed by atoms with Crippen molar-refractivity contribution in [1.82, 2.24) is 9.38 Å². The lowest BCUT2D eigenvalue weighted by Gasteiger charge is -2.04. The van der Waals surface area contributed by atoms with E-state index in [9.17, 15) is 4.79 Å². The van der Waals surface area contributed by atoms with E-state index in [4.69, 9.17) is 15.9 Å². The first-order valence-electron chi connectivity index (χ1n) is 5.90. The van der Waals surface area contributed by atoms with Gasteiger partial charge in [0.1, 0.15) is 12.3 Å². The van der Waals surface area contributed by atoms with E-state index in [0.29, 0.717) is 24.6 Å². The van der Waals surface area contributed by atoms with E-state index in [1.54, 1.807) is 17.5 Å². The number of carbonyl (C=O) groups is 1. The van der Waals surface area contributed by atoms with Gasteiger partial charge < -0.3 is 9.47 Å². The van der Waals surface area contributed by atoms with Crippen molar-refractivity contribution < 1.29 is 14.3 Å². The van der Waals surface area contributed by atoms with Crippen LogP contribution in [0.15, 0.2) is 24.5 Å². The van der Waals surface area contributed by atoms with Crippen molar-refractivity contribution in [2.75, 3.05) is 13.2 Å². The molecular weight excluding hydrogens is 244 g/mol. The summed E-state index contributed by atoms with van der Waals surface area (Å²) in [6.45, 7) is 2.79. The van der Waals surface area contributed by atoms with E-state index < -0.39 is 0 Å². The van der Waals surface area contributed by atoms with Crippen LogP contribution in [-0.2, 0) is 16.1 Å². The smallest absolute Gasteiger partial charge is 0.356 e. The van der Waals surface area contributed by atoms with Crippen LogP contribution in [0.1, 0.15) is 23.0 Å². The largest absolute Gasteiger partial charge is 0.461 e. The highest BCUT2D eigenvalue weighted by Crippen LogP contribution is 2.11. The summed E-state index contributed by atoms with van der Waals surface area (Å²) in [6.07, 6.45) is 8.37. The van der Waals surface area contributed by atoms with Gasteiger partial charge in [-0.1, -0.05) is 5.92 Å². The van der Waals surface area contributed by atoms with E-state index in [1.165, 1.54) is 6.20 Å². The number of hydrogen-bond donors (Lipinski definition) is 0. The third-order valence-corrected chi connectivity index (χ3v) is 2.52. The molecule has 0 saturated heterocycles. The SMILES string of the molecule is C#CCOCc1ccn2c(C(=O)OCC)cnc2c1. The highest BCUT2D eigenvalue weighted by atomic mass is 16.5. The zero-order chi connectivity index (χ0) is 13.7. The third-order valence-electron chi connectivity index (χ3n) is 2.52. The second kappa shape index (κ2) is 6.03. The number of carbonyl (C=O) groups excluding carboxylic acids is 1. The van der Waals surface area contributed by atoms with Crippen LogP contribution in [0.3, 0.4) is 0 Å². The fourth-order valence-corrected chi connectivity index (χ4v) is 1.70. The molecule has 0 amide bonds. The Balaban J connectivity index is 2.22. The number of nitrogens with zero attached hydrogens (tertiary/aromatic N) is 2. The quantitative estimate of drug-likeness (QED) is 0.465. The Labute approximate surface area is 111 Å². The van der Waals surface area contributed by atoms with E-state index in [-0.39, 0.29) is 12.6 Å². The highest BCUT2D eigenvalue weighted by molar-refractivity contribution is 5.88. The van der Waals surface area contributed by atoms with Crippen molar-refractivity contribution >= 4 is 11.6 Å². The van der Waals surface area contributed by atoms with Crippen LogP contribution in [0.4, 0.5) is 0 Å². The van der Waals surface area contributed by atoms with Gasteiger partial charge in [-0.25, -0.2) is 9.78 Å². The van der Waals surface area contributed by atoms with Crippen LogP contribution in [0.5, 0.6) is 0 Å². The van der Waals surface area contributed by atoms with Gasteiger partial charge in [-0.3, -0.25) is 4.40 Å². The molecule has 0 aliphatic rings. The van der Waals surface area contributed by atoms with Crippen LogP contribution in [0.25, 0.3) is 5.65 Å². The van der Waals surface area contributed by atoms with E-state index in [0.717, 1.165) is 5.56 Å². The van der Waals surface area contributed by atoms with Gasteiger partial charge in [-0.05, 0) is 24.6 Å². The Hall–Kier alpha value is -2.32. The van der Waals surface area contributed by atoms with Crippen LogP contribution in [-0.4, -0.2) is 28.6 Å². The Kier molecular flexibility index (Phi) is 4.16. The van der Waals surface area contributed by atoms with Crippen molar-refractivity contribution in [3.63, 3.8) is 0 Å². The number of ether oxygens (including phenoxy) is 2. The topological polar surface area (TPSA) is 52.8 Å². The molecular formula is C14H14N2O3. The van der Waals surface area contributed by atoms with Crippen molar-refractivity contribution in [3.05, 3.63) is 35.8 Å². The second-order valence-corrected chi connectivity index (χ2v) is 3.82. The predicted octanol–water partition coefficient (Wildman–Crippen LogP) is 1.66. The van der Waals surface area contributed by atoms with Gasteiger partial charge in [0.2, 0.25) is 0 Å². The lowest BCUT2D eigenvalue weighted by atomic mass is 10.3. The predicted molar refractivity (Wildman–Crippen MR) is 69.6 cm³/mol. The van der Waals surface area contributed by atoms with Gasteiger partial charge >= 0.3 is 5.97 Å². The molecule has 0 bridgehead atoms. The molecule has 2 aromatic rings. The molecule has 0 aromatic carbocycles. The molecule has 0 aliphatic carbocycles. The maximum Gasteiger partial charge on any atom is 0.356 e. The number of pyridine rings is 1. The molecule has 98 valence electrons. The molecule has 0 fully saturated rings. The fourth-order valence-electron chi connectivity index (χ4n) is 1.70. The summed E-state index contributed by atoms with van der Waals surface area (Å²) in [5.74, 6) is 2.02. The third kappa shape index (κ3) is 2.92. The maximum absolute atomic E-state index is 11.7. The van der Waals surface area contributed by atoms with Crippen molar-refractivity contribution in [3.8, 4) is 12.3 Å². The number of aromatic nitrogens is 2. The van der Waals surface area contributed by atoms with Gasteiger partial charge in [-0.15, -0.1) is 6.42 Å². The lowest BCUT2D eigenvalue weighted by molar-refractivity contribution is 0.0518. The number of hydrogen-bond acceptors (Lipinski definition) is 4. The monoisotopic (exact) mass is 258 g/mol. The second-order valence-electron chi connectivity index (χ2n) is 3.82. The zero-order valence-corrected chi connectivity index (χ0v) is 10.6. The Bertz CT molecular complexity index is 625. The highest BCUT2D eigenvalue weighted by Gasteiger charge is 2.12. The van der Waals surface area contributed by atoms with E-state index in [2.05, 4.69) is 10.9 Å². The summed E-state index contributed by atoms with van der Waals surface area (Å²) in [5, 5.41) is 0. The first-order chi connectivity index (χ1) is 9.26. The Morgan fingerprint density at radius 2 is 2.42 bits per heavy atom. The summed E-state index contributed by atoms with van der Waals surface area (Å²) < 4.78 is 11.9. The standard InChI is InChI=1S/C14H14N2O3/c1-3-7-18-10-11-5-6-16-12(14(17)19-4-2)9-15-13(16)8-11/h1,5-6,8-9H,4,7,10H2,2H3. The summed E-state index contributed by atoms with van der Waals surface area (Å²) in [5.41, 5.74) is 2.03. The van der Waals surface area contributed by atoms with Crippen molar-refractivity contribution in [2.24, 2.45) is 0 Å². The summed E-state index contributed by atoms with van der Waals surface area (Å²) in [4.78, 5) is 15.9. The average Bonchev–Trinajstić information content (AvgIpc) is 2.82. The minimum atomic E-state index is -0.383. The number of fused-ring (bicyclic) bond motifs is 1. The first kappa shape index (κ1) is 13.1. The average molecular weight is 258 g/mol. The molecule has 2 rings (SSSR count). The van der Waals surface area contributed by atoms with Crippen molar-refractivity contribution in [2.45, 2.75) is 13.5 Å². The lowest BCUT2D eigenvalue weighted by Crippen LogP contribution is -2.07. The van der Waals surface area contributed by atoms with Gasteiger partial charge in [0.15, 0.2) is 5.69 Å². The molecule has 0 radical (unpaired) electrons. The van der Waals surface area contributed by atoms with E-state index in [1.807, 2.05) is 12.1 Å². The van der Waals surface area contributed by atoms with Crippen LogP contribution < -0.4 is 0 Å². The number of rotatable bonds is 5. The Morgan fingerprint density at radius 3 is 3.16 bits per heavy atom. The normalized spacial score (nSPS) is 10.3. The number of terminal acetylenes is 1. The maximum atomic E-state index is 11.7. The molecule has 0 spiro atoms. The molecule has 0 unspecified atom stereocenters. The summed E-state index contributed by atoms with van der Waals surface area (Å²) >= 11 is 0. The molecule has 0 N–H and O–H groups in total. The Morgan fingerprint density at radius 1 is 1.58 bits per heavy atom. The molecule has 2 heterocycles. The summed E-state index contributed by atoms with van der Waals surface area (Å²) in [6, 6.07) is 3.70. The molecule has 0 aliphatic heterocycles. The van der Waals surface area contributed by atoms with E-state index >= 15 is 0 Å². The number of esters is 1. The van der Waals surface area contributed by atoms with Crippen LogP contribution >= 0.6 is 0 Å². The minimum Gasteiger partial charge on any atom is -0.461 e. The van der Waals surface area contributed by atoms with Gasteiger partial charge in [0.25, 0.3) is 0 Å². The fraction of sp³-hybridized carbons (Fsp3) is 0.286. The van der Waals surface area contributed by atoms with Gasteiger partial charge in [-0.2, -0.15) is 0 Å². The van der Waals surface area contributed by atoms with Crippen LogP contribution in [0.2, 0.25) is 0 Å². The minimum absolute atomic E-state index is 0.272. The number of imidazole rings is 1. The molecule has 0 saturated carbocycles. The van der Waals surface area contributed by atoms with Crippen LogP contribution in [0, 0.1) is 12.3 Å². The van der Waals surface area contributed by atoms with Crippen molar-refractivity contribution in [1.29, 1.82) is 0 Å². The first-order valence-corrected chi connectivity index (χ1v) is 5.90. The molecule has 5 nitrogen and oxygen atoms in total. The molecule has 2 aromatic heterocycles. The molecule has 19 heavy (non-hydrogen) atoms. The van der Waals surface area contributed by atoms with Gasteiger partial charge in [0.05, 0.1) is 19.4 Å². The summed E-state index contributed by atoms with van der Waals surface area (Å²) in [7, 11) is 0.